The van der Waals surface area contributed by atoms with Crippen LogP contribution in [0.4, 0.5) is 4.79 Å². The Morgan fingerprint density at radius 2 is 2.00 bits per heavy atom. The number of hydrogen-bond acceptors (Lipinski definition) is 4. The zero-order valence-corrected chi connectivity index (χ0v) is 13.7. The summed E-state index contributed by atoms with van der Waals surface area (Å²) in [5.41, 5.74) is 0.798. The van der Waals surface area contributed by atoms with Crippen LogP contribution in [0, 0.1) is 11.3 Å². The monoisotopic (exact) mass is 315 g/mol. The molecule has 1 saturated heterocycles. The summed E-state index contributed by atoms with van der Waals surface area (Å²) in [4.78, 5) is 27.4. The maximum atomic E-state index is 12.3. The summed E-state index contributed by atoms with van der Waals surface area (Å²) in [5.74, 6) is -0.144. The van der Waals surface area contributed by atoms with Gasteiger partial charge in [-0.3, -0.25) is 9.69 Å². The summed E-state index contributed by atoms with van der Waals surface area (Å²) < 4.78 is 5.29. The van der Waals surface area contributed by atoms with Gasteiger partial charge in [-0.05, 0) is 32.4 Å². The third-order valence-corrected chi connectivity index (χ3v) is 3.47. The van der Waals surface area contributed by atoms with Crippen molar-refractivity contribution in [1.29, 1.82) is 5.26 Å². The van der Waals surface area contributed by atoms with Gasteiger partial charge in [0.15, 0.2) is 0 Å². The number of piperazine rings is 1. The zero-order valence-electron chi connectivity index (χ0n) is 13.7. The van der Waals surface area contributed by atoms with E-state index in [1.54, 1.807) is 37.8 Å². The molecule has 0 aromatic heterocycles. The Kier molecular flexibility index (Phi) is 4.89. The molecule has 0 aliphatic carbocycles. The Morgan fingerprint density at radius 1 is 1.30 bits per heavy atom. The van der Waals surface area contributed by atoms with Crippen LogP contribution in [0.1, 0.15) is 31.9 Å². The topological polar surface area (TPSA) is 73.6 Å². The van der Waals surface area contributed by atoms with Crippen molar-refractivity contribution in [3.8, 4) is 6.07 Å². The molecule has 0 saturated carbocycles. The lowest BCUT2D eigenvalue weighted by atomic mass is 10.1. The first-order chi connectivity index (χ1) is 10.8. The van der Waals surface area contributed by atoms with Crippen molar-refractivity contribution >= 4 is 12.0 Å². The highest BCUT2D eigenvalue weighted by atomic mass is 16.6. The van der Waals surface area contributed by atoms with Crippen LogP contribution in [0.3, 0.4) is 0 Å². The molecule has 0 radical (unpaired) electrons. The number of carbonyl (C=O) groups is 2. The first-order valence-electron chi connectivity index (χ1n) is 7.54. The maximum Gasteiger partial charge on any atom is 0.410 e. The molecule has 0 bridgehead atoms. The molecule has 6 heteroatoms. The average Bonchev–Trinajstić information content (AvgIpc) is 2.48. The maximum absolute atomic E-state index is 12.3. The third-order valence-electron chi connectivity index (χ3n) is 3.47. The Balaban J connectivity index is 1.98. The molecule has 122 valence electrons. The van der Waals surface area contributed by atoms with Gasteiger partial charge in [0, 0.05) is 19.6 Å². The van der Waals surface area contributed by atoms with Gasteiger partial charge in [0.05, 0.1) is 11.6 Å². The Bertz CT molecular complexity index is 643. The first-order valence-corrected chi connectivity index (χ1v) is 7.54. The van der Waals surface area contributed by atoms with E-state index in [1.165, 1.54) is 4.90 Å². The Labute approximate surface area is 136 Å². The second-order valence-corrected chi connectivity index (χ2v) is 6.49. The summed E-state index contributed by atoms with van der Waals surface area (Å²) >= 11 is 0. The third kappa shape index (κ3) is 4.46. The number of nitriles is 1. The van der Waals surface area contributed by atoms with Gasteiger partial charge in [0.2, 0.25) is 5.91 Å². The molecule has 0 N–H and O–H groups in total. The molecule has 1 aliphatic heterocycles. The van der Waals surface area contributed by atoms with Gasteiger partial charge in [-0.15, -0.1) is 0 Å². The van der Waals surface area contributed by atoms with E-state index < -0.39 is 11.7 Å². The smallest absolute Gasteiger partial charge is 0.410 e. The van der Waals surface area contributed by atoms with Gasteiger partial charge in [-0.2, -0.15) is 5.26 Å². The first kappa shape index (κ1) is 16.8. The van der Waals surface area contributed by atoms with Crippen molar-refractivity contribution in [2.45, 2.75) is 32.9 Å². The molecule has 0 atom stereocenters. The Hall–Kier alpha value is -2.55. The lowest BCUT2D eigenvalue weighted by Crippen LogP contribution is -2.52. The predicted molar refractivity (Wildman–Crippen MR) is 84.4 cm³/mol. The SMILES string of the molecule is CC(C)(C)OC(=O)N1CCN(Cc2ccccc2C#N)C(=O)C1. The molecule has 6 nitrogen and oxygen atoms in total. The molecule has 1 aromatic carbocycles. The molecule has 0 unspecified atom stereocenters. The summed E-state index contributed by atoms with van der Waals surface area (Å²) in [6.07, 6.45) is -0.470. The van der Waals surface area contributed by atoms with Gasteiger partial charge in [0.1, 0.15) is 12.1 Å². The van der Waals surface area contributed by atoms with Crippen LogP contribution >= 0.6 is 0 Å². The molecule has 0 spiro atoms. The second kappa shape index (κ2) is 6.69. The fraction of sp³-hybridized carbons (Fsp3) is 0.471. The van der Waals surface area contributed by atoms with Crippen LogP contribution in [0.5, 0.6) is 0 Å². The zero-order chi connectivity index (χ0) is 17.0. The van der Waals surface area contributed by atoms with E-state index in [0.29, 0.717) is 25.2 Å². The predicted octanol–water partition coefficient (Wildman–Crippen LogP) is 2.14. The fourth-order valence-electron chi connectivity index (χ4n) is 2.33. The number of rotatable bonds is 2. The van der Waals surface area contributed by atoms with E-state index >= 15 is 0 Å². The quantitative estimate of drug-likeness (QED) is 0.838. The number of hydrogen-bond donors (Lipinski definition) is 0. The van der Waals surface area contributed by atoms with Crippen LogP contribution in [0.2, 0.25) is 0 Å². The summed E-state index contributed by atoms with van der Waals surface area (Å²) in [5, 5.41) is 9.11. The number of carbonyl (C=O) groups excluding carboxylic acids is 2. The minimum absolute atomic E-state index is 0.00360. The molecule has 2 rings (SSSR count). The second-order valence-electron chi connectivity index (χ2n) is 6.49. The Morgan fingerprint density at radius 3 is 2.61 bits per heavy atom. The average molecular weight is 315 g/mol. The fourth-order valence-corrected chi connectivity index (χ4v) is 2.33. The van der Waals surface area contributed by atoms with E-state index in [4.69, 9.17) is 10.00 Å². The van der Waals surface area contributed by atoms with Gasteiger partial charge in [-0.25, -0.2) is 4.79 Å². The van der Waals surface area contributed by atoms with Crippen LogP contribution < -0.4 is 0 Å². The molecule has 1 heterocycles. The summed E-state index contributed by atoms with van der Waals surface area (Å²) in [6.45, 7) is 6.62. The highest BCUT2D eigenvalue weighted by molar-refractivity contribution is 5.83. The number of amides is 2. The van der Waals surface area contributed by atoms with Crippen LogP contribution in [0.15, 0.2) is 24.3 Å². The van der Waals surface area contributed by atoms with E-state index in [1.807, 2.05) is 12.1 Å². The highest BCUT2D eigenvalue weighted by Gasteiger charge is 2.30. The van der Waals surface area contributed by atoms with Crippen molar-refractivity contribution in [3.05, 3.63) is 35.4 Å². The van der Waals surface area contributed by atoms with E-state index in [0.717, 1.165) is 5.56 Å². The van der Waals surface area contributed by atoms with Crippen molar-refractivity contribution in [1.82, 2.24) is 9.80 Å². The van der Waals surface area contributed by atoms with Gasteiger partial charge in [-0.1, -0.05) is 18.2 Å². The number of ether oxygens (including phenoxy) is 1. The summed E-state index contributed by atoms with van der Waals surface area (Å²) in [6, 6.07) is 9.34. The minimum Gasteiger partial charge on any atom is -0.444 e. The molecule has 1 fully saturated rings. The molecule has 1 aromatic rings. The van der Waals surface area contributed by atoms with Gasteiger partial charge >= 0.3 is 6.09 Å². The largest absolute Gasteiger partial charge is 0.444 e. The normalized spacial score (nSPS) is 15.3. The van der Waals surface area contributed by atoms with E-state index in [9.17, 15) is 9.59 Å². The number of nitrogens with zero attached hydrogens (tertiary/aromatic N) is 3. The molecule has 23 heavy (non-hydrogen) atoms. The van der Waals surface area contributed by atoms with Crippen molar-refractivity contribution in [2.24, 2.45) is 0 Å². The molecule has 1 aliphatic rings. The van der Waals surface area contributed by atoms with Crippen LogP contribution in [0.25, 0.3) is 0 Å². The standard InChI is InChI=1S/C17H21N3O3/c1-17(2,3)23-16(22)20-9-8-19(15(21)12-20)11-14-7-5-4-6-13(14)10-18/h4-7H,8-9,11-12H2,1-3H3. The van der Waals surface area contributed by atoms with Gasteiger partial charge in [0.25, 0.3) is 0 Å². The summed E-state index contributed by atoms with van der Waals surface area (Å²) in [7, 11) is 0. The van der Waals surface area contributed by atoms with Crippen molar-refractivity contribution < 1.29 is 14.3 Å². The number of benzene rings is 1. The van der Waals surface area contributed by atoms with Crippen molar-refractivity contribution in [3.63, 3.8) is 0 Å². The van der Waals surface area contributed by atoms with E-state index in [2.05, 4.69) is 6.07 Å². The van der Waals surface area contributed by atoms with Gasteiger partial charge < -0.3 is 9.64 Å². The highest BCUT2D eigenvalue weighted by Crippen LogP contribution is 2.15. The molecular formula is C17H21N3O3. The minimum atomic E-state index is -0.580. The van der Waals surface area contributed by atoms with Crippen molar-refractivity contribution in [2.75, 3.05) is 19.6 Å². The lowest BCUT2D eigenvalue weighted by molar-refractivity contribution is -0.136. The molecular weight excluding hydrogens is 294 g/mol. The van der Waals surface area contributed by atoms with Crippen LogP contribution in [-0.2, 0) is 16.1 Å². The van der Waals surface area contributed by atoms with E-state index in [-0.39, 0.29) is 12.5 Å². The molecule has 2 amide bonds. The van der Waals surface area contributed by atoms with Crippen LogP contribution in [-0.4, -0.2) is 47.0 Å². The lowest BCUT2D eigenvalue weighted by Gasteiger charge is -2.35.